The minimum atomic E-state index is -0.134. The van der Waals surface area contributed by atoms with Crippen LogP contribution in [0, 0.1) is 0 Å². The minimum absolute atomic E-state index is 0.0784. The first-order valence-corrected chi connectivity index (χ1v) is 9.76. The predicted molar refractivity (Wildman–Crippen MR) is 110 cm³/mol. The van der Waals surface area contributed by atoms with Crippen LogP contribution in [0.5, 0.6) is 11.5 Å². The van der Waals surface area contributed by atoms with Crippen molar-refractivity contribution in [2.45, 2.75) is 25.8 Å². The molecule has 0 fully saturated rings. The van der Waals surface area contributed by atoms with E-state index in [-0.39, 0.29) is 18.7 Å². The largest absolute Gasteiger partial charge is 0.457 e. The normalized spacial score (nSPS) is 11.8. The first-order valence-electron chi connectivity index (χ1n) is 9.13. The Hall–Kier alpha value is -2.02. The van der Waals surface area contributed by atoms with E-state index >= 15 is 0 Å². The maximum Gasteiger partial charge on any atom is 0.251 e. The van der Waals surface area contributed by atoms with E-state index in [9.17, 15) is 4.79 Å². The zero-order chi connectivity index (χ0) is 19.3. The second kappa shape index (κ2) is 12.4. The van der Waals surface area contributed by atoms with Gasteiger partial charge in [0.2, 0.25) is 0 Å². The van der Waals surface area contributed by atoms with E-state index in [1.807, 2.05) is 37.3 Å². The fourth-order valence-electron chi connectivity index (χ4n) is 2.44. The summed E-state index contributed by atoms with van der Waals surface area (Å²) in [5.74, 6) is 2.08. The van der Waals surface area contributed by atoms with Gasteiger partial charge in [0, 0.05) is 12.2 Å². The highest BCUT2D eigenvalue weighted by Crippen LogP contribution is 2.21. The minimum Gasteiger partial charge on any atom is -0.457 e. The monoisotopic (exact) mass is 389 g/mol. The quantitative estimate of drug-likeness (QED) is 0.323. The Kier molecular flexibility index (Phi) is 9.76. The molecule has 0 saturated heterocycles. The molecule has 0 aliphatic rings. The second-order valence-corrected chi connectivity index (χ2v) is 6.40. The molecule has 2 rings (SSSR count). The molecule has 0 bridgehead atoms. The van der Waals surface area contributed by atoms with Crippen LogP contribution in [-0.2, 0) is 9.47 Å². The molecular formula is C21H27NO4S. The van der Waals surface area contributed by atoms with Gasteiger partial charge in [0.15, 0.2) is 0 Å². The number of para-hydroxylation sites is 1. The lowest BCUT2D eigenvalue weighted by Crippen LogP contribution is -2.38. The Balaban J connectivity index is 1.89. The van der Waals surface area contributed by atoms with Gasteiger partial charge in [-0.2, -0.15) is 12.6 Å². The first-order chi connectivity index (χ1) is 13.2. The molecule has 27 heavy (non-hydrogen) atoms. The van der Waals surface area contributed by atoms with Gasteiger partial charge in [0.05, 0.1) is 12.6 Å². The van der Waals surface area contributed by atoms with Crippen LogP contribution < -0.4 is 10.1 Å². The Bertz CT molecular complexity index is 664. The van der Waals surface area contributed by atoms with E-state index in [0.717, 1.165) is 24.3 Å². The number of nitrogens with one attached hydrogen (secondary N) is 1. The smallest absolute Gasteiger partial charge is 0.251 e. The number of hydrogen-bond donors (Lipinski definition) is 2. The predicted octanol–water partition coefficient (Wildman–Crippen LogP) is 4.30. The highest BCUT2D eigenvalue weighted by molar-refractivity contribution is 7.80. The van der Waals surface area contributed by atoms with E-state index < -0.39 is 0 Å². The molecule has 5 nitrogen and oxygen atoms in total. The Labute approximate surface area is 166 Å². The fourth-order valence-corrected chi connectivity index (χ4v) is 2.62. The van der Waals surface area contributed by atoms with Gasteiger partial charge in [-0.05, 0) is 61.9 Å². The molecule has 0 radical (unpaired) electrons. The zero-order valence-electron chi connectivity index (χ0n) is 15.6. The summed E-state index contributed by atoms with van der Waals surface area (Å²) in [6.07, 6.45) is 1.70. The van der Waals surface area contributed by atoms with Gasteiger partial charge in [0.25, 0.3) is 5.91 Å². The van der Waals surface area contributed by atoms with Gasteiger partial charge in [-0.1, -0.05) is 18.2 Å². The van der Waals surface area contributed by atoms with Crippen molar-refractivity contribution in [1.82, 2.24) is 5.32 Å². The van der Waals surface area contributed by atoms with E-state index in [2.05, 4.69) is 17.9 Å². The van der Waals surface area contributed by atoms with Crippen LogP contribution in [-0.4, -0.2) is 37.7 Å². The summed E-state index contributed by atoms with van der Waals surface area (Å²) in [5, 5.41) is 3.02. The molecule has 2 aromatic rings. The molecule has 0 saturated carbocycles. The number of amides is 1. The molecule has 146 valence electrons. The lowest BCUT2D eigenvalue weighted by atomic mass is 10.1. The average Bonchev–Trinajstić information content (AvgIpc) is 2.70. The van der Waals surface area contributed by atoms with E-state index in [0.29, 0.717) is 24.5 Å². The molecular weight excluding hydrogens is 362 g/mol. The highest BCUT2D eigenvalue weighted by Gasteiger charge is 2.14. The summed E-state index contributed by atoms with van der Waals surface area (Å²) in [5.41, 5.74) is 0.580. The maximum atomic E-state index is 12.5. The molecule has 0 aliphatic carbocycles. The summed E-state index contributed by atoms with van der Waals surface area (Å²) in [4.78, 5) is 12.5. The van der Waals surface area contributed by atoms with Crippen LogP contribution in [0.4, 0.5) is 0 Å². The zero-order valence-corrected chi connectivity index (χ0v) is 16.5. The van der Waals surface area contributed by atoms with Crippen LogP contribution in [0.3, 0.4) is 0 Å². The molecule has 0 spiro atoms. The third-order valence-electron chi connectivity index (χ3n) is 3.83. The molecule has 0 heterocycles. The van der Waals surface area contributed by atoms with Gasteiger partial charge in [0.1, 0.15) is 18.3 Å². The van der Waals surface area contributed by atoms with Crippen LogP contribution >= 0.6 is 12.6 Å². The Morgan fingerprint density at radius 1 is 1.04 bits per heavy atom. The van der Waals surface area contributed by atoms with Crippen molar-refractivity contribution in [3.05, 3.63) is 60.2 Å². The lowest BCUT2D eigenvalue weighted by Gasteiger charge is -2.18. The summed E-state index contributed by atoms with van der Waals surface area (Å²) in [6.45, 7) is 3.16. The maximum absolute atomic E-state index is 12.5. The Morgan fingerprint density at radius 3 is 2.41 bits per heavy atom. The van der Waals surface area contributed by atoms with E-state index in [1.54, 1.807) is 24.3 Å². The molecule has 6 heteroatoms. The molecule has 1 atom stereocenters. The number of carbonyl (C=O) groups excluding carboxylic acids is 1. The van der Waals surface area contributed by atoms with Crippen molar-refractivity contribution in [2.24, 2.45) is 0 Å². The SMILES string of the molecule is CCOCOC[C@H](CCCS)NC(=O)c1ccc(Oc2ccccc2)cc1. The van der Waals surface area contributed by atoms with Crippen molar-refractivity contribution in [1.29, 1.82) is 0 Å². The van der Waals surface area contributed by atoms with Crippen molar-refractivity contribution in [3.63, 3.8) is 0 Å². The molecule has 1 N–H and O–H groups in total. The number of rotatable bonds is 12. The van der Waals surface area contributed by atoms with E-state index in [1.165, 1.54) is 0 Å². The summed E-state index contributed by atoms with van der Waals surface area (Å²) in [6, 6.07) is 16.5. The van der Waals surface area contributed by atoms with Gasteiger partial charge in [-0.15, -0.1) is 0 Å². The lowest BCUT2D eigenvalue weighted by molar-refractivity contribution is -0.0556. The van der Waals surface area contributed by atoms with Crippen molar-refractivity contribution < 1.29 is 19.0 Å². The number of ether oxygens (including phenoxy) is 3. The number of hydrogen-bond acceptors (Lipinski definition) is 5. The first kappa shape index (κ1) is 21.3. The molecule has 2 aromatic carbocycles. The van der Waals surface area contributed by atoms with Crippen LogP contribution in [0.15, 0.2) is 54.6 Å². The summed E-state index contributed by atoms with van der Waals surface area (Å²) in [7, 11) is 0. The molecule has 0 unspecified atom stereocenters. The summed E-state index contributed by atoms with van der Waals surface area (Å²) >= 11 is 4.24. The van der Waals surface area contributed by atoms with Gasteiger partial charge < -0.3 is 19.5 Å². The summed E-state index contributed by atoms with van der Waals surface area (Å²) < 4.78 is 16.4. The number of carbonyl (C=O) groups is 1. The standard InChI is InChI=1S/C21H27NO4S/c1-2-24-16-25-15-18(7-6-14-27)22-21(23)17-10-12-20(13-11-17)26-19-8-4-3-5-9-19/h3-5,8-13,18,27H,2,6-7,14-16H2,1H3,(H,22,23)/t18-/m0/s1. The topological polar surface area (TPSA) is 56.8 Å². The third kappa shape index (κ3) is 8.03. The van der Waals surface area contributed by atoms with Crippen LogP contribution in [0.1, 0.15) is 30.1 Å². The fraction of sp³-hybridized carbons (Fsp3) is 0.381. The van der Waals surface area contributed by atoms with Gasteiger partial charge in [-0.3, -0.25) is 4.79 Å². The van der Waals surface area contributed by atoms with Crippen molar-refractivity contribution in [2.75, 3.05) is 25.8 Å². The average molecular weight is 390 g/mol. The Morgan fingerprint density at radius 2 is 1.74 bits per heavy atom. The molecule has 0 aromatic heterocycles. The second-order valence-electron chi connectivity index (χ2n) is 5.96. The molecule has 0 aliphatic heterocycles. The van der Waals surface area contributed by atoms with Crippen molar-refractivity contribution >= 4 is 18.5 Å². The number of thiol groups is 1. The third-order valence-corrected chi connectivity index (χ3v) is 4.15. The molecule has 1 amide bonds. The van der Waals surface area contributed by atoms with Crippen LogP contribution in [0.25, 0.3) is 0 Å². The van der Waals surface area contributed by atoms with Crippen molar-refractivity contribution in [3.8, 4) is 11.5 Å². The number of benzene rings is 2. The van der Waals surface area contributed by atoms with E-state index in [4.69, 9.17) is 14.2 Å². The van der Waals surface area contributed by atoms with Gasteiger partial charge in [-0.25, -0.2) is 0 Å². The van der Waals surface area contributed by atoms with Crippen LogP contribution in [0.2, 0.25) is 0 Å². The van der Waals surface area contributed by atoms with Gasteiger partial charge >= 0.3 is 0 Å². The highest BCUT2D eigenvalue weighted by atomic mass is 32.1.